The Morgan fingerprint density at radius 2 is 1.75 bits per heavy atom. The highest BCUT2D eigenvalue weighted by molar-refractivity contribution is 6.41. The first kappa shape index (κ1) is 18.5. The summed E-state index contributed by atoms with van der Waals surface area (Å²) in [6, 6.07) is 8.16. The predicted octanol–water partition coefficient (Wildman–Crippen LogP) is 4.52. The fraction of sp³-hybridized carbons (Fsp3) is 0.125. The van der Waals surface area contributed by atoms with Gasteiger partial charge in [0.15, 0.2) is 0 Å². The lowest BCUT2D eigenvalue weighted by atomic mass is 10.1. The molecule has 0 spiro atoms. The van der Waals surface area contributed by atoms with Crippen molar-refractivity contribution in [3.8, 4) is 0 Å². The molecule has 0 unspecified atom stereocenters. The van der Waals surface area contributed by atoms with Crippen molar-refractivity contribution in [2.45, 2.75) is 13.5 Å². The van der Waals surface area contributed by atoms with E-state index >= 15 is 0 Å². The highest BCUT2D eigenvalue weighted by atomic mass is 35.5. The molecule has 5 nitrogen and oxygen atoms in total. The number of hydrogen-bond donors (Lipinski definition) is 2. The van der Waals surface area contributed by atoms with Gasteiger partial charge in [0.1, 0.15) is 0 Å². The molecule has 0 aliphatic rings. The van der Waals surface area contributed by atoms with Gasteiger partial charge in [0.2, 0.25) is 0 Å². The van der Waals surface area contributed by atoms with Crippen LogP contribution in [0.25, 0.3) is 0 Å². The summed E-state index contributed by atoms with van der Waals surface area (Å²) < 4.78 is 0. The van der Waals surface area contributed by atoms with Crippen LogP contribution < -0.4 is 5.48 Å². The zero-order chi connectivity index (χ0) is 17.9. The second kappa shape index (κ2) is 7.85. The van der Waals surface area contributed by atoms with Gasteiger partial charge in [-0.3, -0.25) is 9.63 Å². The number of amides is 1. The summed E-state index contributed by atoms with van der Waals surface area (Å²) in [5, 5.41) is 9.54. The van der Waals surface area contributed by atoms with Crippen LogP contribution in [-0.2, 0) is 11.4 Å². The summed E-state index contributed by atoms with van der Waals surface area (Å²) in [6.07, 6.45) is 0. The largest absolute Gasteiger partial charge is 0.478 e. The number of carbonyl (C=O) groups is 2. The molecule has 0 saturated carbocycles. The minimum absolute atomic E-state index is 0.0672. The molecule has 2 rings (SSSR count). The lowest BCUT2D eigenvalue weighted by Crippen LogP contribution is -2.25. The molecule has 0 aliphatic heterocycles. The maximum atomic E-state index is 12.2. The first-order valence-electron chi connectivity index (χ1n) is 6.69. The average Bonchev–Trinajstić information content (AvgIpc) is 2.52. The molecule has 0 bridgehead atoms. The molecule has 0 aliphatic carbocycles. The highest BCUT2D eigenvalue weighted by Gasteiger charge is 2.23. The normalized spacial score (nSPS) is 10.5. The van der Waals surface area contributed by atoms with Gasteiger partial charge in [-0.25, -0.2) is 10.3 Å². The quantitative estimate of drug-likeness (QED) is 0.739. The highest BCUT2D eigenvalue weighted by Crippen LogP contribution is 2.31. The van der Waals surface area contributed by atoms with E-state index < -0.39 is 11.9 Å². The molecular formula is C16H12Cl3NO4. The van der Waals surface area contributed by atoms with E-state index in [2.05, 4.69) is 5.48 Å². The number of carboxylic acids is 1. The van der Waals surface area contributed by atoms with Crippen molar-refractivity contribution >= 4 is 46.7 Å². The fourth-order valence-corrected chi connectivity index (χ4v) is 2.67. The van der Waals surface area contributed by atoms with Gasteiger partial charge < -0.3 is 5.11 Å². The molecule has 0 aromatic heterocycles. The van der Waals surface area contributed by atoms with Gasteiger partial charge >= 0.3 is 5.97 Å². The van der Waals surface area contributed by atoms with Crippen LogP contribution in [0.15, 0.2) is 30.3 Å². The van der Waals surface area contributed by atoms with Crippen LogP contribution in [0, 0.1) is 6.92 Å². The van der Waals surface area contributed by atoms with Gasteiger partial charge in [-0.05, 0) is 36.2 Å². The van der Waals surface area contributed by atoms with E-state index in [0.29, 0.717) is 10.6 Å². The summed E-state index contributed by atoms with van der Waals surface area (Å²) >= 11 is 17.8. The molecule has 8 heteroatoms. The van der Waals surface area contributed by atoms with Crippen LogP contribution in [0.1, 0.15) is 31.8 Å². The van der Waals surface area contributed by atoms with Crippen LogP contribution >= 0.6 is 34.8 Å². The number of aryl methyl sites for hydroxylation is 1. The Balaban J connectivity index is 2.14. The van der Waals surface area contributed by atoms with E-state index in [1.807, 2.05) is 0 Å². The molecule has 0 heterocycles. The first-order chi connectivity index (χ1) is 11.3. The number of hydroxylamine groups is 1. The molecule has 2 N–H and O–H groups in total. The van der Waals surface area contributed by atoms with E-state index in [4.69, 9.17) is 44.7 Å². The van der Waals surface area contributed by atoms with Crippen molar-refractivity contribution in [3.63, 3.8) is 0 Å². The van der Waals surface area contributed by atoms with Crippen LogP contribution in [0.4, 0.5) is 0 Å². The number of halogens is 3. The fourth-order valence-electron chi connectivity index (χ4n) is 1.94. The van der Waals surface area contributed by atoms with E-state index in [1.54, 1.807) is 31.2 Å². The maximum Gasteiger partial charge on any atom is 0.337 e. The van der Waals surface area contributed by atoms with Crippen molar-refractivity contribution in [1.29, 1.82) is 0 Å². The van der Waals surface area contributed by atoms with Crippen LogP contribution in [-0.4, -0.2) is 17.0 Å². The third kappa shape index (κ3) is 4.19. The van der Waals surface area contributed by atoms with Crippen molar-refractivity contribution in [2.24, 2.45) is 0 Å². The molecule has 0 atom stereocenters. The summed E-state index contributed by atoms with van der Waals surface area (Å²) in [5.41, 5.74) is 3.05. The van der Waals surface area contributed by atoms with E-state index in [9.17, 15) is 9.59 Å². The van der Waals surface area contributed by atoms with Gasteiger partial charge in [-0.15, -0.1) is 0 Å². The Morgan fingerprint density at radius 3 is 2.33 bits per heavy atom. The second-order valence-electron chi connectivity index (χ2n) is 4.90. The van der Waals surface area contributed by atoms with E-state index in [1.165, 1.54) is 6.07 Å². The van der Waals surface area contributed by atoms with Crippen molar-refractivity contribution < 1.29 is 19.5 Å². The van der Waals surface area contributed by atoms with Gasteiger partial charge in [0.25, 0.3) is 5.91 Å². The van der Waals surface area contributed by atoms with Crippen molar-refractivity contribution in [1.82, 2.24) is 5.48 Å². The minimum atomic E-state index is -1.25. The zero-order valence-electron chi connectivity index (χ0n) is 12.4. The monoisotopic (exact) mass is 387 g/mol. The summed E-state index contributed by atoms with van der Waals surface area (Å²) in [5.74, 6) is -1.99. The minimum Gasteiger partial charge on any atom is -0.478 e. The number of hydrogen-bond acceptors (Lipinski definition) is 3. The standard InChI is InChI=1S/C16H12Cl3NO4/c1-8-6-11(16(22)23)14(19)12(13(8)18)15(21)20-24-7-9-2-4-10(17)5-3-9/h2-6H,7H2,1H3,(H,20,21)(H,22,23). The van der Waals surface area contributed by atoms with Crippen molar-refractivity contribution in [3.05, 3.63) is 67.7 Å². The van der Waals surface area contributed by atoms with E-state index in [-0.39, 0.29) is 27.8 Å². The number of carboxylic acid groups (broad SMARTS) is 1. The van der Waals surface area contributed by atoms with Gasteiger partial charge in [0.05, 0.1) is 27.8 Å². The zero-order valence-corrected chi connectivity index (χ0v) is 14.7. The average molecular weight is 389 g/mol. The lowest BCUT2D eigenvalue weighted by molar-refractivity contribution is 0.0233. The summed E-state index contributed by atoms with van der Waals surface area (Å²) in [4.78, 5) is 28.5. The third-order valence-corrected chi connectivity index (χ3v) is 4.29. The van der Waals surface area contributed by atoms with Crippen LogP contribution in [0.3, 0.4) is 0 Å². The molecule has 2 aromatic carbocycles. The van der Waals surface area contributed by atoms with E-state index in [0.717, 1.165) is 5.56 Å². The first-order valence-corrected chi connectivity index (χ1v) is 7.83. The second-order valence-corrected chi connectivity index (χ2v) is 6.09. The molecule has 0 fully saturated rings. The topological polar surface area (TPSA) is 75.6 Å². The number of rotatable bonds is 5. The molecule has 1 amide bonds. The molecule has 126 valence electrons. The number of benzene rings is 2. The van der Waals surface area contributed by atoms with Gasteiger partial charge in [0, 0.05) is 5.02 Å². The molecule has 2 aromatic rings. The Kier molecular flexibility index (Phi) is 6.07. The number of carbonyl (C=O) groups excluding carboxylic acids is 1. The third-order valence-electron chi connectivity index (χ3n) is 3.16. The molecule has 24 heavy (non-hydrogen) atoms. The smallest absolute Gasteiger partial charge is 0.337 e. The number of nitrogens with one attached hydrogen (secondary N) is 1. The SMILES string of the molecule is Cc1cc(C(=O)O)c(Cl)c(C(=O)NOCc2ccc(Cl)cc2)c1Cl. The van der Waals surface area contributed by atoms with Crippen LogP contribution in [0.2, 0.25) is 15.1 Å². The predicted molar refractivity (Wildman–Crippen MR) is 91.9 cm³/mol. The van der Waals surface area contributed by atoms with Crippen molar-refractivity contribution in [2.75, 3.05) is 0 Å². The Hall–Kier alpha value is -1.79. The Bertz CT molecular complexity index is 791. The maximum absolute atomic E-state index is 12.2. The van der Waals surface area contributed by atoms with Crippen LogP contribution in [0.5, 0.6) is 0 Å². The van der Waals surface area contributed by atoms with Gasteiger partial charge in [-0.1, -0.05) is 46.9 Å². The summed E-state index contributed by atoms with van der Waals surface area (Å²) in [7, 11) is 0. The molecule has 0 radical (unpaired) electrons. The number of aromatic carboxylic acids is 1. The summed E-state index contributed by atoms with van der Waals surface area (Å²) in [6.45, 7) is 1.67. The lowest BCUT2D eigenvalue weighted by Gasteiger charge is -2.12. The molecule has 0 saturated heterocycles. The van der Waals surface area contributed by atoms with Gasteiger partial charge in [-0.2, -0.15) is 0 Å². The Labute approximate surface area is 153 Å². The Morgan fingerprint density at radius 1 is 1.12 bits per heavy atom. The molecular weight excluding hydrogens is 377 g/mol.